The third-order valence-corrected chi connectivity index (χ3v) is 2.94. The minimum absolute atomic E-state index is 0.0733. The molecule has 22 heavy (non-hydrogen) atoms. The van der Waals surface area contributed by atoms with Crippen molar-refractivity contribution in [3.63, 3.8) is 0 Å². The van der Waals surface area contributed by atoms with E-state index in [2.05, 4.69) is 15.2 Å². The van der Waals surface area contributed by atoms with Crippen LogP contribution in [-0.2, 0) is 6.54 Å². The minimum Gasteiger partial charge on any atom is -0.432 e. The number of nitrogens with one attached hydrogen (secondary N) is 1. The fraction of sp³-hybridized carbons (Fsp3) is 0.231. The molecule has 0 aliphatic rings. The van der Waals surface area contributed by atoms with Crippen LogP contribution in [0, 0.1) is 5.82 Å². The highest BCUT2D eigenvalue weighted by Crippen LogP contribution is 2.28. The van der Waals surface area contributed by atoms with Gasteiger partial charge < -0.3 is 10.1 Å². The number of hydrogen-bond acceptors (Lipinski definition) is 3. The number of halogens is 4. The highest BCUT2D eigenvalue weighted by molar-refractivity contribution is 6.34. The molecule has 118 valence electrons. The highest BCUT2D eigenvalue weighted by Gasteiger charge is 2.18. The van der Waals surface area contributed by atoms with Gasteiger partial charge in [-0.25, -0.2) is 4.39 Å². The number of ether oxygens (including phenoxy) is 1. The van der Waals surface area contributed by atoms with E-state index in [9.17, 15) is 18.0 Å². The standard InChI is InChI=1S/C13H11ClF3N3O2/c1-2-20-6-8(14)11(19-20)12(21)18-9-4-3-7(15)5-10(9)22-13(16)17/h3-6,13H,2H2,1H3,(H,18,21). The summed E-state index contributed by atoms with van der Waals surface area (Å²) in [6.45, 7) is -0.844. The van der Waals surface area contributed by atoms with Crippen molar-refractivity contribution in [2.75, 3.05) is 5.32 Å². The molecular weight excluding hydrogens is 323 g/mol. The monoisotopic (exact) mass is 333 g/mol. The van der Waals surface area contributed by atoms with Crippen LogP contribution in [0.25, 0.3) is 0 Å². The Kier molecular flexibility index (Phi) is 4.92. The second kappa shape index (κ2) is 6.69. The molecule has 2 rings (SSSR count). The maximum absolute atomic E-state index is 13.1. The lowest BCUT2D eigenvalue weighted by atomic mass is 10.2. The second-order valence-electron chi connectivity index (χ2n) is 4.15. The first-order chi connectivity index (χ1) is 10.4. The Bertz CT molecular complexity index is 691. The summed E-state index contributed by atoms with van der Waals surface area (Å²) in [6.07, 6.45) is 1.46. The summed E-state index contributed by atoms with van der Waals surface area (Å²) in [5.41, 5.74) is -0.190. The predicted octanol–water partition coefficient (Wildman–Crippen LogP) is 3.55. The fourth-order valence-corrected chi connectivity index (χ4v) is 1.92. The van der Waals surface area contributed by atoms with Gasteiger partial charge in [0, 0.05) is 18.8 Å². The van der Waals surface area contributed by atoms with E-state index in [1.165, 1.54) is 10.9 Å². The molecule has 0 bridgehead atoms. The van der Waals surface area contributed by atoms with Gasteiger partial charge in [0.2, 0.25) is 0 Å². The van der Waals surface area contributed by atoms with Crippen LogP contribution in [0.15, 0.2) is 24.4 Å². The van der Waals surface area contributed by atoms with Crippen LogP contribution in [0.1, 0.15) is 17.4 Å². The zero-order valence-corrected chi connectivity index (χ0v) is 12.1. The van der Waals surface area contributed by atoms with Gasteiger partial charge in [-0.1, -0.05) is 11.6 Å². The Morgan fingerprint density at radius 1 is 1.50 bits per heavy atom. The molecule has 1 N–H and O–H groups in total. The molecule has 1 aromatic carbocycles. The van der Waals surface area contributed by atoms with E-state index in [0.717, 1.165) is 18.2 Å². The average molecular weight is 334 g/mol. The van der Waals surface area contributed by atoms with Crippen LogP contribution < -0.4 is 10.1 Å². The van der Waals surface area contributed by atoms with Crippen LogP contribution in [0.5, 0.6) is 5.75 Å². The number of carbonyl (C=O) groups excluding carboxylic acids is 1. The van der Waals surface area contributed by atoms with Gasteiger partial charge in [-0.05, 0) is 19.1 Å². The van der Waals surface area contributed by atoms with Crippen LogP contribution in [0.2, 0.25) is 5.02 Å². The van der Waals surface area contributed by atoms with Gasteiger partial charge in [0.05, 0.1) is 10.7 Å². The van der Waals surface area contributed by atoms with Crippen LogP contribution in [-0.4, -0.2) is 22.3 Å². The number of benzene rings is 1. The minimum atomic E-state index is -3.15. The maximum atomic E-state index is 13.1. The molecule has 0 spiro atoms. The van der Waals surface area contributed by atoms with Crippen molar-refractivity contribution < 1.29 is 22.7 Å². The van der Waals surface area contributed by atoms with Crippen LogP contribution in [0.4, 0.5) is 18.9 Å². The summed E-state index contributed by atoms with van der Waals surface area (Å²) in [5, 5.41) is 6.36. The Balaban J connectivity index is 2.25. The summed E-state index contributed by atoms with van der Waals surface area (Å²) in [7, 11) is 0. The van der Waals surface area contributed by atoms with Crippen LogP contribution in [0.3, 0.4) is 0 Å². The van der Waals surface area contributed by atoms with Gasteiger partial charge in [0.15, 0.2) is 11.4 Å². The van der Waals surface area contributed by atoms with E-state index >= 15 is 0 Å². The highest BCUT2D eigenvalue weighted by atomic mass is 35.5. The Morgan fingerprint density at radius 3 is 2.82 bits per heavy atom. The normalized spacial score (nSPS) is 10.8. The summed E-state index contributed by atoms with van der Waals surface area (Å²) in [6, 6.07) is 2.85. The topological polar surface area (TPSA) is 56.2 Å². The smallest absolute Gasteiger partial charge is 0.387 e. The third kappa shape index (κ3) is 3.70. The molecule has 1 amide bonds. The van der Waals surface area contributed by atoms with E-state index in [1.54, 1.807) is 6.92 Å². The van der Waals surface area contributed by atoms with Crippen molar-refractivity contribution >= 4 is 23.2 Å². The summed E-state index contributed by atoms with van der Waals surface area (Å²) in [4.78, 5) is 12.1. The van der Waals surface area contributed by atoms with Crippen LogP contribution >= 0.6 is 11.6 Å². The molecule has 0 fully saturated rings. The van der Waals surface area contributed by atoms with E-state index in [4.69, 9.17) is 11.6 Å². The second-order valence-corrected chi connectivity index (χ2v) is 4.56. The van der Waals surface area contributed by atoms with Gasteiger partial charge in [0.25, 0.3) is 5.91 Å². The Morgan fingerprint density at radius 2 is 2.23 bits per heavy atom. The van der Waals surface area contributed by atoms with E-state index in [1.807, 2.05) is 0 Å². The van der Waals surface area contributed by atoms with Crippen molar-refractivity contribution in [3.8, 4) is 5.75 Å². The lowest BCUT2D eigenvalue weighted by Gasteiger charge is -2.11. The fourth-order valence-electron chi connectivity index (χ4n) is 1.69. The Hall–Kier alpha value is -2.22. The van der Waals surface area contributed by atoms with Gasteiger partial charge in [-0.15, -0.1) is 0 Å². The first-order valence-corrected chi connectivity index (χ1v) is 6.57. The molecular formula is C13H11ClF3N3O2. The molecule has 5 nitrogen and oxygen atoms in total. The van der Waals surface area contributed by atoms with Gasteiger partial charge in [-0.2, -0.15) is 13.9 Å². The molecule has 0 aliphatic heterocycles. The lowest BCUT2D eigenvalue weighted by Crippen LogP contribution is -2.15. The van der Waals surface area contributed by atoms with E-state index in [0.29, 0.717) is 6.54 Å². The van der Waals surface area contributed by atoms with Gasteiger partial charge in [-0.3, -0.25) is 9.48 Å². The van der Waals surface area contributed by atoms with Crippen molar-refractivity contribution in [1.82, 2.24) is 9.78 Å². The largest absolute Gasteiger partial charge is 0.432 e. The summed E-state index contributed by atoms with van der Waals surface area (Å²) < 4.78 is 43.3. The number of carbonyl (C=O) groups is 1. The molecule has 0 aliphatic carbocycles. The first-order valence-electron chi connectivity index (χ1n) is 6.19. The lowest BCUT2D eigenvalue weighted by molar-refractivity contribution is -0.0495. The number of anilines is 1. The molecule has 0 radical (unpaired) electrons. The van der Waals surface area contributed by atoms with Gasteiger partial charge >= 0.3 is 6.61 Å². The SMILES string of the molecule is CCn1cc(Cl)c(C(=O)Nc2ccc(F)cc2OC(F)F)n1. The number of amides is 1. The quantitative estimate of drug-likeness (QED) is 0.910. The molecule has 0 saturated heterocycles. The average Bonchev–Trinajstić information content (AvgIpc) is 2.82. The van der Waals surface area contributed by atoms with Crippen molar-refractivity contribution in [2.45, 2.75) is 20.1 Å². The molecule has 0 unspecified atom stereocenters. The molecule has 1 heterocycles. The first kappa shape index (κ1) is 16.2. The zero-order valence-electron chi connectivity index (χ0n) is 11.3. The van der Waals surface area contributed by atoms with E-state index in [-0.39, 0.29) is 16.4 Å². The number of aromatic nitrogens is 2. The van der Waals surface area contributed by atoms with Gasteiger partial charge in [0.1, 0.15) is 5.82 Å². The zero-order chi connectivity index (χ0) is 16.3. The van der Waals surface area contributed by atoms with Crippen molar-refractivity contribution in [3.05, 3.63) is 40.9 Å². The molecule has 9 heteroatoms. The summed E-state index contributed by atoms with van der Waals surface area (Å²) >= 11 is 5.88. The predicted molar refractivity (Wildman–Crippen MR) is 73.9 cm³/mol. The van der Waals surface area contributed by atoms with E-state index < -0.39 is 24.1 Å². The van der Waals surface area contributed by atoms with Crippen molar-refractivity contribution in [1.29, 1.82) is 0 Å². The number of hydrogen-bond donors (Lipinski definition) is 1. The molecule has 2 aromatic rings. The Labute approximate surface area is 128 Å². The molecule has 0 atom stereocenters. The molecule has 1 aromatic heterocycles. The number of rotatable bonds is 5. The number of aryl methyl sites for hydroxylation is 1. The summed E-state index contributed by atoms with van der Waals surface area (Å²) in [5.74, 6) is -1.99. The molecule has 0 saturated carbocycles. The van der Waals surface area contributed by atoms with Crippen molar-refractivity contribution in [2.24, 2.45) is 0 Å². The maximum Gasteiger partial charge on any atom is 0.387 e. The third-order valence-electron chi connectivity index (χ3n) is 2.66. The number of alkyl halides is 2. The number of nitrogens with zero attached hydrogens (tertiary/aromatic N) is 2.